The molecule has 0 radical (unpaired) electrons. The molecular formula is C20H24N2O. The SMILES string of the molecule is CCC(Nc1cccc(OCCCC#N)c1)c1ccc(C)cc1. The summed E-state index contributed by atoms with van der Waals surface area (Å²) in [5.74, 6) is 0.840. The van der Waals surface area contributed by atoms with E-state index in [0.717, 1.165) is 24.3 Å². The summed E-state index contributed by atoms with van der Waals surface area (Å²) in [6.45, 7) is 4.86. The number of unbranched alkanes of at least 4 members (excludes halogenated alkanes) is 1. The van der Waals surface area contributed by atoms with E-state index in [1.165, 1.54) is 11.1 Å². The molecule has 0 aliphatic rings. The zero-order valence-electron chi connectivity index (χ0n) is 13.9. The van der Waals surface area contributed by atoms with Gasteiger partial charge >= 0.3 is 0 Å². The van der Waals surface area contributed by atoms with Crippen molar-refractivity contribution in [3.63, 3.8) is 0 Å². The molecule has 0 fully saturated rings. The number of hydrogen-bond acceptors (Lipinski definition) is 3. The smallest absolute Gasteiger partial charge is 0.121 e. The summed E-state index contributed by atoms with van der Waals surface area (Å²) in [6, 6.07) is 19.1. The second-order valence-electron chi connectivity index (χ2n) is 5.65. The Labute approximate surface area is 138 Å². The molecule has 2 rings (SSSR count). The van der Waals surface area contributed by atoms with E-state index < -0.39 is 0 Å². The molecule has 0 amide bonds. The predicted octanol–water partition coefficient (Wildman–Crippen LogP) is 5.24. The number of benzene rings is 2. The molecular weight excluding hydrogens is 284 g/mol. The van der Waals surface area contributed by atoms with E-state index >= 15 is 0 Å². The quantitative estimate of drug-likeness (QED) is 0.678. The normalized spacial score (nSPS) is 11.5. The Hall–Kier alpha value is -2.47. The Morgan fingerprint density at radius 2 is 1.96 bits per heavy atom. The van der Waals surface area contributed by atoms with Crippen LogP contribution in [-0.2, 0) is 0 Å². The first kappa shape index (κ1) is 16.9. The molecule has 0 aliphatic carbocycles. The Morgan fingerprint density at radius 1 is 1.17 bits per heavy atom. The molecule has 1 N–H and O–H groups in total. The number of anilines is 1. The van der Waals surface area contributed by atoms with Gasteiger partial charge in [0.2, 0.25) is 0 Å². The van der Waals surface area contributed by atoms with E-state index in [1.807, 2.05) is 18.2 Å². The number of ether oxygens (including phenoxy) is 1. The van der Waals surface area contributed by atoms with Gasteiger partial charge in [0, 0.05) is 18.2 Å². The van der Waals surface area contributed by atoms with Crippen LogP contribution >= 0.6 is 0 Å². The van der Waals surface area contributed by atoms with Crippen LogP contribution in [0.4, 0.5) is 5.69 Å². The highest BCUT2D eigenvalue weighted by Gasteiger charge is 2.09. The van der Waals surface area contributed by atoms with E-state index in [2.05, 4.69) is 55.6 Å². The fourth-order valence-corrected chi connectivity index (χ4v) is 2.44. The van der Waals surface area contributed by atoms with E-state index in [-0.39, 0.29) is 6.04 Å². The summed E-state index contributed by atoms with van der Waals surface area (Å²) in [7, 11) is 0. The summed E-state index contributed by atoms with van der Waals surface area (Å²) < 4.78 is 5.69. The molecule has 2 aromatic carbocycles. The maximum Gasteiger partial charge on any atom is 0.121 e. The first-order valence-electron chi connectivity index (χ1n) is 8.16. The van der Waals surface area contributed by atoms with Crippen molar-refractivity contribution in [3.8, 4) is 11.8 Å². The maximum atomic E-state index is 8.54. The van der Waals surface area contributed by atoms with Crippen molar-refractivity contribution in [2.45, 2.75) is 39.2 Å². The monoisotopic (exact) mass is 308 g/mol. The third-order valence-corrected chi connectivity index (χ3v) is 3.76. The van der Waals surface area contributed by atoms with Crippen LogP contribution in [0.5, 0.6) is 5.75 Å². The molecule has 0 bridgehead atoms. The first-order valence-corrected chi connectivity index (χ1v) is 8.16. The van der Waals surface area contributed by atoms with Gasteiger partial charge < -0.3 is 10.1 Å². The van der Waals surface area contributed by atoms with E-state index in [0.29, 0.717) is 13.0 Å². The average molecular weight is 308 g/mol. The van der Waals surface area contributed by atoms with Crippen LogP contribution in [0, 0.1) is 18.3 Å². The van der Waals surface area contributed by atoms with Crippen molar-refractivity contribution in [1.29, 1.82) is 5.26 Å². The zero-order valence-corrected chi connectivity index (χ0v) is 13.9. The second kappa shape index (κ2) is 8.85. The van der Waals surface area contributed by atoms with Crippen LogP contribution in [0.25, 0.3) is 0 Å². The van der Waals surface area contributed by atoms with Crippen molar-refractivity contribution in [1.82, 2.24) is 0 Å². The second-order valence-corrected chi connectivity index (χ2v) is 5.65. The largest absolute Gasteiger partial charge is 0.493 e. The van der Waals surface area contributed by atoms with Gasteiger partial charge in [-0.3, -0.25) is 0 Å². The number of hydrogen-bond donors (Lipinski definition) is 1. The molecule has 0 heterocycles. The first-order chi connectivity index (χ1) is 11.2. The molecule has 0 saturated heterocycles. The number of nitrogens with one attached hydrogen (secondary N) is 1. The van der Waals surface area contributed by atoms with Gasteiger partial charge in [-0.2, -0.15) is 5.26 Å². The fraction of sp³-hybridized carbons (Fsp3) is 0.350. The standard InChI is InChI=1S/C20H24N2O/c1-3-20(17-11-9-16(2)10-12-17)22-18-7-6-8-19(15-18)23-14-5-4-13-21/h6-12,15,20,22H,3-5,14H2,1-2H3. The van der Waals surface area contributed by atoms with Gasteiger partial charge in [-0.1, -0.05) is 42.8 Å². The number of nitrogens with zero attached hydrogens (tertiary/aromatic N) is 1. The van der Waals surface area contributed by atoms with Crippen LogP contribution in [0.1, 0.15) is 43.4 Å². The summed E-state index contributed by atoms with van der Waals surface area (Å²) in [5, 5.41) is 12.1. The van der Waals surface area contributed by atoms with Crippen molar-refractivity contribution in [2.75, 3.05) is 11.9 Å². The van der Waals surface area contributed by atoms with Crippen molar-refractivity contribution in [2.24, 2.45) is 0 Å². The molecule has 120 valence electrons. The topological polar surface area (TPSA) is 45.0 Å². The van der Waals surface area contributed by atoms with Gasteiger partial charge in [-0.25, -0.2) is 0 Å². The van der Waals surface area contributed by atoms with Crippen molar-refractivity contribution in [3.05, 3.63) is 59.7 Å². The lowest BCUT2D eigenvalue weighted by atomic mass is 10.0. The maximum absolute atomic E-state index is 8.54. The van der Waals surface area contributed by atoms with Crippen LogP contribution in [-0.4, -0.2) is 6.61 Å². The van der Waals surface area contributed by atoms with Crippen molar-refractivity contribution < 1.29 is 4.74 Å². The van der Waals surface area contributed by atoms with Crippen LogP contribution < -0.4 is 10.1 Å². The summed E-state index contributed by atoms with van der Waals surface area (Å²) in [5.41, 5.74) is 3.62. The molecule has 2 aromatic rings. The highest BCUT2D eigenvalue weighted by molar-refractivity contribution is 5.50. The highest BCUT2D eigenvalue weighted by atomic mass is 16.5. The molecule has 0 saturated carbocycles. The molecule has 1 atom stereocenters. The van der Waals surface area contributed by atoms with E-state index in [4.69, 9.17) is 10.00 Å². The Morgan fingerprint density at radius 3 is 2.65 bits per heavy atom. The van der Waals surface area contributed by atoms with E-state index in [9.17, 15) is 0 Å². The predicted molar refractivity (Wildman–Crippen MR) is 94.6 cm³/mol. The van der Waals surface area contributed by atoms with Gasteiger partial charge in [0.05, 0.1) is 18.7 Å². The highest BCUT2D eigenvalue weighted by Crippen LogP contribution is 2.25. The van der Waals surface area contributed by atoms with Crippen LogP contribution in [0.3, 0.4) is 0 Å². The van der Waals surface area contributed by atoms with Gasteiger partial charge in [0.1, 0.15) is 5.75 Å². The summed E-state index contributed by atoms with van der Waals surface area (Å²) in [4.78, 5) is 0. The number of nitriles is 1. The zero-order chi connectivity index (χ0) is 16.5. The molecule has 0 spiro atoms. The molecule has 23 heavy (non-hydrogen) atoms. The van der Waals surface area contributed by atoms with Gasteiger partial charge in [0.15, 0.2) is 0 Å². The van der Waals surface area contributed by atoms with Crippen LogP contribution in [0.2, 0.25) is 0 Å². The Balaban J connectivity index is 2.00. The molecule has 0 aromatic heterocycles. The minimum atomic E-state index is 0.282. The third-order valence-electron chi connectivity index (χ3n) is 3.76. The summed E-state index contributed by atoms with van der Waals surface area (Å²) >= 11 is 0. The van der Waals surface area contributed by atoms with Gasteiger partial charge in [-0.05, 0) is 37.5 Å². The molecule has 0 aliphatic heterocycles. The van der Waals surface area contributed by atoms with Gasteiger partial charge in [-0.15, -0.1) is 0 Å². The number of rotatable bonds is 8. The molecule has 1 unspecified atom stereocenters. The van der Waals surface area contributed by atoms with Crippen LogP contribution in [0.15, 0.2) is 48.5 Å². The van der Waals surface area contributed by atoms with E-state index in [1.54, 1.807) is 0 Å². The number of aryl methyl sites for hydroxylation is 1. The molecule has 3 heteroatoms. The lowest BCUT2D eigenvalue weighted by Crippen LogP contribution is -2.09. The fourth-order valence-electron chi connectivity index (χ4n) is 2.44. The van der Waals surface area contributed by atoms with Gasteiger partial charge in [0.25, 0.3) is 0 Å². The minimum Gasteiger partial charge on any atom is -0.493 e. The Kier molecular flexibility index (Phi) is 6.50. The Bertz CT molecular complexity index is 643. The summed E-state index contributed by atoms with van der Waals surface area (Å²) in [6.07, 6.45) is 2.30. The van der Waals surface area contributed by atoms with Crippen molar-refractivity contribution >= 4 is 5.69 Å². The third kappa shape index (κ3) is 5.34. The average Bonchev–Trinajstić information content (AvgIpc) is 2.58. The lowest BCUT2D eigenvalue weighted by molar-refractivity contribution is 0.313. The molecule has 3 nitrogen and oxygen atoms in total. The minimum absolute atomic E-state index is 0.282. The lowest BCUT2D eigenvalue weighted by Gasteiger charge is -2.19.